The van der Waals surface area contributed by atoms with Crippen molar-refractivity contribution < 1.29 is 51.4 Å². The van der Waals surface area contributed by atoms with Gasteiger partial charge in [-0.15, -0.1) is 41.6 Å². The van der Waals surface area contributed by atoms with E-state index >= 15 is 0 Å². The first-order valence-corrected chi connectivity index (χ1v) is 3.26. The van der Waals surface area contributed by atoms with Gasteiger partial charge in [0.1, 0.15) is 0 Å². The molecule has 0 fully saturated rings. The first-order valence-electron chi connectivity index (χ1n) is 3.26. The van der Waals surface area contributed by atoms with Gasteiger partial charge in [0.05, 0.1) is 0 Å². The van der Waals surface area contributed by atoms with Crippen LogP contribution in [0.5, 0.6) is 0 Å². The van der Waals surface area contributed by atoms with E-state index in [-0.39, 0.29) is 75.4 Å². The molecule has 0 radical (unpaired) electrons. The van der Waals surface area contributed by atoms with E-state index < -0.39 is 0 Å². The van der Waals surface area contributed by atoms with Crippen LogP contribution in [-0.4, -0.2) is 4.98 Å². The Labute approximate surface area is 132 Å². The van der Waals surface area contributed by atoms with Crippen molar-refractivity contribution in [2.45, 2.75) is 0 Å². The summed E-state index contributed by atoms with van der Waals surface area (Å²) in [5, 5.41) is 1.21. The number of para-hydroxylation sites is 1. The molecule has 0 bridgehead atoms. The van der Waals surface area contributed by atoms with Crippen molar-refractivity contribution in [2.75, 3.05) is 0 Å². The monoisotopic (exact) mass is 297 g/mol. The van der Waals surface area contributed by atoms with Gasteiger partial charge in [-0.3, -0.25) is 0 Å². The van der Waals surface area contributed by atoms with Crippen LogP contribution < -0.4 is 51.4 Å². The SMILES string of the molecule is I.[CH2-]c1c[nH]c2ccccc12.[K+]. The third-order valence-corrected chi connectivity index (χ3v) is 1.67. The molecule has 0 atom stereocenters. The van der Waals surface area contributed by atoms with Gasteiger partial charge in [-0.25, -0.2) is 0 Å². The number of aromatic amines is 1. The van der Waals surface area contributed by atoms with Crippen LogP contribution in [0.25, 0.3) is 10.9 Å². The zero-order valence-corrected chi connectivity index (χ0v) is 12.5. The van der Waals surface area contributed by atoms with Gasteiger partial charge in [0.2, 0.25) is 0 Å². The van der Waals surface area contributed by atoms with E-state index in [0.29, 0.717) is 0 Å². The first kappa shape index (κ1) is 13.0. The Morgan fingerprint density at radius 3 is 2.50 bits per heavy atom. The molecule has 3 heteroatoms. The Morgan fingerprint density at radius 1 is 1.17 bits per heavy atom. The van der Waals surface area contributed by atoms with Gasteiger partial charge in [0.15, 0.2) is 0 Å². The zero-order chi connectivity index (χ0) is 6.97. The molecular formula is C9H9IKN. The molecule has 1 heterocycles. The molecule has 2 rings (SSSR count). The summed E-state index contributed by atoms with van der Waals surface area (Å²) < 4.78 is 0. The second kappa shape index (κ2) is 5.67. The van der Waals surface area contributed by atoms with Crippen LogP contribution in [0, 0.1) is 6.92 Å². The maximum Gasteiger partial charge on any atom is 1.00 e. The maximum atomic E-state index is 3.88. The standard InChI is InChI=1S/C9H8N.HI.K/c1-7-6-10-9-5-3-2-4-8(7)9;;/h2-6,10H,1H2;1H;/q-1;;+1. The van der Waals surface area contributed by atoms with Crippen molar-refractivity contribution in [3.05, 3.63) is 42.9 Å². The molecule has 0 saturated carbocycles. The van der Waals surface area contributed by atoms with Crippen LogP contribution in [0.4, 0.5) is 0 Å². The van der Waals surface area contributed by atoms with Crippen LogP contribution in [-0.2, 0) is 0 Å². The smallest absolute Gasteiger partial charge is 0.424 e. The van der Waals surface area contributed by atoms with E-state index in [9.17, 15) is 0 Å². The first-order chi connectivity index (χ1) is 4.88. The third kappa shape index (κ3) is 2.49. The zero-order valence-electron chi connectivity index (χ0n) is 7.00. The van der Waals surface area contributed by atoms with Crippen LogP contribution >= 0.6 is 24.0 Å². The summed E-state index contributed by atoms with van der Waals surface area (Å²) in [6.45, 7) is 3.88. The minimum absolute atomic E-state index is 0. The normalized spacial score (nSPS) is 8.67. The summed E-state index contributed by atoms with van der Waals surface area (Å²) >= 11 is 0. The number of rotatable bonds is 0. The molecule has 58 valence electrons. The largest absolute Gasteiger partial charge is 1.00 e. The average molecular weight is 297 g/mol. The van der Waals surface area contributed by atoms with Crippen molar-refractivity contribution in [3.63, 3.8) is 0 Å². The number of H-pyrrole nitrogens is 1. The molecule has 2 aromatic rings. The molecule has 0 amide bonds. The van der Waals surface area contributed by atoms with Gasteiger partial charge in [-0.1, -0.05) is 18.2 Å². The van der Waals surface area contributed by atoms with E-state index in [1.165, 1.54) is 5.39 Å². The molecule has 0 aliphatic heterocycles. The molecule has 1 aromatic heterocycles. The summed E-state index contributed by atoms with van der Waals surface area (Å²) in [6.07, 6.45) is 1.92. The summed E-state index contributed by atoms with van der Waals surface area (Å²) in [5.41, 5.74) is 2.23. The number of halogens is 1. The number of nitrogens with one attached hydrogen (secondary N) is 1. The molecule has 1 aromatic carbocycles. The van der Waals surface area contributed by atoms with E-state index in [2.05, 4.69) is 18.0 Å². The van der Waals surface area contributed by atoms with Gasteiger partial charge in [0, 0.05) is 0 Å². The van der Waals surface area contributed by atoms with Gasteiger partial charge < -0.3 is 4.98 Å². The summed E-state index contributed by atoms with van der Waals surface area (Å²) in [5.74, 6) is 0. The van der Waals surface area contributed by atoms with E-state index in [0.717, 1.165) is 11.1 Å². The summed E-state index contributed by atoms with van der Waals surface area (Å²) in [6, 6.07) is 8.14. The van der Waals surface area contributed by atoms with Crippen molar-refractivity contribution >= 4 is 34.9 Å². The van der Waals surface area contributed by atoms with Crippen molar-refractivity contribution in [1.29, 1.82) is 0 Å². The minimum Gasteiger partial charge on any atom is -0.424 e. The van der Waals surface area contributed by atoms with Crippen molar-refractivity contribution in [1.82, 2.24) is 4.98 Å². The third-order valence-electron chi connectivity index (χ3n) is 1.67. The maximum absolute atomic E-state index is 3.88. The van der Waals surface area contributed by atoms with Gasteiger partial charge in [-0.2, -0.15) is 12.5 Å². The van der Waals surface area contributed by atoms with E-state index in [4.69, 9.17) is 0 Å². The van der Waals surface area contributed by atoms with Crippen LogP contribution in [0.1, 0.15) is 5.56 Å². The Morgan fingerprint density at radius 2 is 1.83 bits per heavy atom. The van der Waals surface area contributed by atoms with Gasteiger partial charge >= 0.3 is 51.4 Å². The molecule has 0 unspecified atom stereocenters. The molecule has 1 N–H and O–H groups in total. The summed E-state index contributed by atoms with van der Waals surface area (Å²) in [7, 11) is 0. The quantitative estimate of drug-likeness (QED) is 0.399. The fourth-order valence-electron chi connectivity index (χ4n) is 1.13. The van der Waals surface area contributed by atoms with Crippen LogP contribution in [0.3, 0.4) is 0 Å². The molecular weight excluding hydrogens is 288 g/mol. The fourth-order valence-corrected chi connectivity index (χ4v) is 1.13. The Hall–Kier alpha value is 0.996. The predicted molar refractivity (Wildman–Crippen MR) is 58.2 cm³/mol. The molecule has 0 aliphatic carbocycles. The van der Waals surface area contributed by atoms with Crippen molar-refractivity contribution in [3.8, 4) is 0 Å². The number of aromatic nitrogens is 1. The van der Waals surface area contributed by atoms with Gasteiger partial charge in [-0.05, 0) is 5.52 Å². The van der Waals surface area contributed by atoms with Crippen LogP contribution in [0.2, 0.25) is 0 Å². The minimum atomic E-state index is 0. The molecule has 0 spiro atoms. The molecule has 0 saturated heterocycles. The number of hydrogen-bond acceptors (Lipinski definition) is 0. The van der Waals surface area contributed by atoms with E-state index in [1.807, 2.05) is 24.4 Å². The Bertz CT molecular complexity index is 356. The van der Waals surface area contributed by atoms with E-state index in [1.54, 1.807) is 0 Å². The van der Waals surface area contributed by atoms with Crippen LogP contribution in [0.15, 0.2) is 30.5 Å². The average Bonchev–Trinajstić information content (AvgIpc) is 2.34. The fraction of sp³-hybridized carbons (Fsp3) is 0. The number of benzene rings is 1. The molecule has 1 nitrogen and oxygen atoms in total. The summed E-state index contributed by atoms with van der Waals surface area (Å²) in [4.78, 5) is 3.13. The molecule has 12 heavy (non-hydrogen) atoms. The Kier molecular flexibility index (Phi) is 6.14. The van der Waals surface area contributed by atoms with Gasteiger partial charge in [0.25, 0.3) is 0 Å². The topological polar surface area (TPSA) is 15.8 Å². The van der Waals surface area contributed by atoms with Crippen molar-refractivity contribution in [2.24, 2.45) is 0 Å². The predicted octanol–water partition coefficient (Wildman–Crippen LogP) is -0.0279. The second-order valence-corrected chi connectivity index (χ2v) is 2.36. The second-order valence-electron chi connectivity index (χ2n) is 2.36. The number of hydrogen-bond donors (Lipinski definition) is 1. The number of fused-ring (bicyclic) bond motifs is 1. The Balaban J connectivity index is 0.000000605. The molecule has 0 aliphatic rings.